The standard InChI is InChI=1S/C9H19ClN2O4S2/c1-17(13,14)9-18(15,16)12-5-2-4-11(6-3-10)7-8-12/h2-9H2,1H3. The first-order chi connectivity index (χ1) is 8.24. The average molecular weight is 319 g/mol. The second-order valence-electron chi connectivity index (χ2n) is 4.44. The topological polar surface area (TPSA) is 74.8 Å². The van der Waals surface area contributed by atoms with Crippen molar-refractivity contribution in [2.75, 3.05) is 49.9 Å². The van der Waals surface area contributed by atoms with Crippen molar-refractivity contribution in [2.45, 2.75) is 6.42 Å². The van der Waals surface area contributed by atoms with Crippen LogP contribution in [0, 0.1) is 0 Å². The molecule has 1 saturated heterocycles. The van der Waals surface area contributed by atoms with Crippen LogP contribution in [-0.4, -0.2) is 76.0 Å². The van der Waals surface area contributed by atoms with E-state index in [2.05, 4.69) is 4.90 Å². The summed E-state index contributed by atoms with van der Waals surface area (Å²) in [6.07, 6.45) is 1.63. The van der Waals surface area contributed by atoms with Crippen LogP contribution < -0.4 is 0 Å². The molecule has 0 unspecified atom stereocenters. The van der Waals surface area contributed by atoms with Gasteiger partial charge in [-0.05, 0) is 13.0 Å². The van der Waals surface area contributed by atoms with Crippen molar-refractivity contribution in [3.8, 4) is 0 Å². The second kappa shape index (κ2) is 6.51. The summed E-state index contributed by atoms with van der Waals surface area (Å²) in [4.78, 5) is 2.09. The third kappa shape index (κ3) is 5.40. The second-order valence-corrected chi connectivity index (χ2v) is 9.29. The fourth-order valence-electron chi connectivity index (χ4n) is 1.91. The van der Waals surface area contributed by atoms with Crippen molar-refractivity contribution < 1.29 is 16.8 Å². The number of sulfonamides is 1. The third-order valence-electron chi connectivity index (χ3n) is 2.70. The quantitative estimate of drug-likeness (QED) is 0.643. The molecule has 0 bridgehead atoms. The molecule has 0 aliphatic carbocycles. The highest BCUT2D eigenvalue weighted by molar-refractivity contribution is 8.06. The van der Waals surface area contributed by atoms with Crippen LogP contribution in [-0.2, 0) is 19.9 Å². The number of sulfone groups is 1. The zero-order chi connectivity index (χ0) is 13.8. The summed E-state index contributed by atoms with van der Waals surface area (Å²) < 4.78 is 47.3. The monoisotopic (exact) mass is 318 g/mol. The van der Waals surface area contributed by atoms with Gasteiger partial charge in [0, 0.05) is 38.3 Å². The number of halogens is 1. The zero-order valence-corrected chi connectivity index (χ0v) is 12.8. The highest BCUT2D eigenvalue weighted by atomic mass is 35.5. The van der Waals surface area contributed by atoms with Crippen LogP contribution in [0.15, 0.2) is 0 Å². The van der Waals surface area contributed by atoms with E-state index in [-0.39, 0.29) is 0 Å². The maximum atomic E-state index is 11.9. The summed E-state index contributed by atoms with van der Waals surface area (Å²) in [7, 11) is -7.25. The van der Waals surface area contributed by atoms with Crippen LogP contribution in [0.5, 0.6) is 0 Å². The molecule has 18 heavy (non-hydrogen) atoms. The third-order valence-corrected chi connectivity index (χ3v) is 6.93. The minimum Gasteiger partial charge on any atom is -0.301 e. The summed E-state index contributed by atoms with van der Waals surface area (Å²) in [6.45, 7) is 2.81. The van der Waals surface area contributed by atoms with E-state index in [1.165, 1.54) is 4.31 Å². The van der Waals surface area contributed by atoms with E-state index in [4.69, 9.17) is 11.6 Å². The molecule has 6 nitrogen and oxygen atoms in total. The Morgan fingerprint density at radius 2 is 1.72 bits per heavy atom. The summed E-state index contributed by atoms with van der Waals surface area (Å²) in [5.74, 6) is 0.510. The van der Waals surface area contributed by atoms with Crippen LogP contribution in [0.1, 0.15) is 6.42 Å². The minimum absolute atomic E-state index is 0.328. The number of nitrogens with zero attached hydrogens (tertiary/aromatic N) is 2. The molecular weight excluding hydrogens is 300 g/mol. The van der Waals surface area contributed by atoms with Gasteiger partial charge >= 0.3 is 0 Å². The molecule has 0 N–H and O–H groups in total. The summed E-state index contributed by atoms with van der Waals surface area (Å²) >= 11 is 5.65. The molecule has 1 fully saturated rings. The Hall–Kier alpha value is 0.110. The fraction of sp³-hybridized carbons (Fsp3) is 1.00. The molecule has 0 aromatic heterocycles. The largest absolute Gasteiger partial charge is 0.301 e. The predicted molar refractivity (Wildman–Crippen MR) is 72.0 cm³/mol. The molecule has 0 saturated carbocycles. The molecule has 1 aliphatic rings. The first-order valence-electron chi connectivity index (χ1n) is 5.68. The van der Waals surface area contributed by atoms with Gasteiger partial charge in [-0.3, -0.25) is 0 Å². The molecule has 0 aromatic rings. The van der Waals surface area contributed by atoms with Gasteiger partial charge in [0.2, 0.25) is 10.0 Å². The maximum Gasteiger partial charge on any atom is 0.228 e. The minimum atomic E-state index is -3.72. The Bertz CT molecular complexity index is 463. The molecule has 108 valence electrons. The molecule has 1 heterocycles. The number of alkyl halides is 1. The lowest BCUT2D eigenvalue weighted by molar-refractivity contribution is 0.303. The van der Waals surface area contributed by atoms with E-state index in [9.17, 15) is 16.8 Å². The molecule has 9 heteroatoms. The number of rotatable bonds is 5. The van der Waals surface area contributed by atoms with Crippen LogP contribution in [0.3, 0.4) is 0 Å². The van der Waals surface area contributed by atoms with Gasteiger partial charge in [0.1, 0.15) is 0 Å². The molecule has 0 aromatic carbocycles. The zero-order valence-electron chi connectivity index (χ0n) is 10.4. The Balaban J connectivity index is 2.68. The molecule has 1 rings (SSSR count). The molecular formula is C9H19ClN2O4S2. The molecule has 0 atom stereocenters. The van der Waals surface area contributed by atoms with Crippen molar-refractivity contribution in [2.24, 2.45) is 0 Å². The van der Waals surface area contributed by atoms with Crippen LogP contribution >= 0.6 is 11.6 Å². The van der Waals surface area contributed by atoms with E-state index in [0.717, 1.165) is 19.3 Å². The van der Waals surface area contributed by atoms with E-state index in [1.807, 2.05) is 0 Å². The molecule has 1 aliphatic heterocycles. The number of hydrogen-bond donors (Lipinski definition) is 0. The van der Waals surface area contributed by atoms with Gasteiger partial charge in [-0.25, -0.2) is 16.8 Å². The van der Waals surface area contributed by atoms with E-state index < -0.39 is 24.9 Å². The highest BCUT2D eigenvalue weighted by Gasteiger charge is 2.28. The lowest BCUT2D eigenvalue weighted by atomic mass is 10.4. The van der Waals surface area contributed by atoms with Crippen molar-refractivity contribution >= 4 is 31.5 Å². The molecule has 0 radical (unpaired) electrons. The van der Waals surface area contributed by atoms with Crippen molar-refractivity contribution in [3.63, 3.8) is 0 Å². The maximum absolute atomic E-state index is 11.9. The molecule has 0 spiro atoms. The van der Waals surface area contributed by atoms with Crippen molar-refractivity contribution in [3.05, 3.63) is 0 Å². The van der Waals surface area contributed by atoms with Gasteiger partial charge in [0.25, 0.3) is 0 Å². The van der Waals surface area contributed by atoms with Gasteiger partial charge in [0.15, 0.2) is 14.9 Å². The Labute approximate surface area is 114 Å². The first-order valence-corrected chi connectivity index (χ1v) is 9.89. The smallest absolute Gasteiger partial charge is 0.228 e. The lowest BCUT2D eigenvalue weighted by Gasteiger charge is -2.20. The van der Waals surface area contributed by atoms with Gasteiger partial charge < -0.3 is 4.90 Å². The predicted octanol–water partition coefficient (Wildman–Crippen LogP) is -0.435. The Morgan fingerprint density at radius 1 is 1.06 bits per heavy atom. The van der Waals surface area contributed by atoms with E-state index in [1.54, 1.807) is 0 Å². The molecule has 0 amide bonds. The van der Waals surface area contributed by atoms with Crippen molar-refractivity contribution in [1.82, 2.24) is 9.21 Å². The number of hydrogen-bond acceptors (Lipinski definition) is 5. The van der Waals surface area contributed by atoms with E-state index >= 15 is 0 Å². The van der Waals surface area contributed by atoms with Crippen LogP contribution in [0.2, 0.25) is 0 Å². The van der Waals surface area contributed by atoms with Crippen LogP contribution in [0.4, 0.5) is 0 Å². The lowest BCUT2D eigenvalue weighted by Crippen LogP contribution is -2.38. The van der Waals surface area contributed by atoms with E-state index in [0.29, 0.717) is 31.9 Å². The first kappa shape index (κ1) is 16.2. The Kier molecular flexibility index (Phi) is 5.85. The SMILES string of the molecule is CS(=O)(=O)CS(=O)(=O)N1CCCN(CCCl)CC1. The van der Waals surface area contributed by atoms with Gasteiger partial charge in [-0.1, -0.05) is 0 Å². The van der Waals surface area contributed by atoms with Crippen molar-refractivity contribution in [1.29, 1.82) is 0 Å². The Morgan fingerprint density at radius 3 is 2.28 bits per heavy atom. The normalized spacial score (nSPS) is 20.8. The van der Waals surface area contributed by atoms with Gasteiger partial charge in [-0.15, -0.1) is 11.6 Å². The highest BCUT2D eigenvalue weighted by Crippen LogP contribution is 2.10. The van der Waals surface area contributed by atoms with Crippen LogP contribution in [0.25, 0.3) is 0 Å². The van der Waals surface area contributed by atoms with Gasteiger partial charge in [-0.2, -0.15) is 4.31 Å². The summed E-state index contributed by atoms with van der Waals surface area (Å²) in [6, 6.07) is 0. The fourth-order valence-corrected chi connectivity index (χ4v) is 5.68. The summed E-state index contributed by atoms with van der Waals surface area (Å²) in [5.41, 5.74) is 0. The average Bonchev–Trinajstić information content (AvgIpc) is 2.40. The van der Waals surface area contributed by atoms with Gasteiger partial charge in [0.05, 0.1) is 0 Å². The summed E-state index contributed by atoms with van der Waals surface area (Å²) in [5, 5.41) is -0.810.